The predicted molar refractivity (Wildman–Crippen MR) is 97.1 cm³/mol. The van der Waals surface area contributed by atoms with Crippen molar-refractivity contribution in [2.24, 2.45) is 0 Å². The molecule has 0 saturated carbocycles. The number of H-pyrrole nitrogens is 1. The number of carbonyl (C=O) groups excluding carboxylic acids is 2. The second-order valence-electron chi connectivity index (χ2n) is 6.05. The number of nitrogens with one attached hydrogen (secondary N) is 1. The maximum absolute atomic E-state index is 12.4. The molecule has 6 heteroatoms. The molecule has 0 amide bonds. The predicted octanol–water partition coefficient (Wildman–Crippen LogP) is 2.86. The first-order valence-electron chi connectivity index (χ1n) is 9.02. The van der Waals surface area contributed by atoms with Crippen LogP contribution in [-0.4, -0.2) is 30.5 Å². The molecule has 0 bridgehead atoms. The van der Waals surface area contributed by atoms with Gasteiger partial charge in [-0.3, -0.25) is 9.59 Å². The third-order valence-corrected chi connectivity index (χ3v) is 4.18. The Bertz CT molecular complexity index is 707. The third-order valence-electron chi connectivity index (χ3n) is 4.18. The van der Waals surface area contributed by atoms with Gasteiger partial charge in [0.05, 0.1) is 13.7 Å². The number of imidazole rings is 1. The Hall–Kier alpha value is -2.63. The average molecular weight is 359 g/mol. The molecule has 0 aliphatic heterocycles. The van der Waals surface area contributed by atoms with Crippen LogP contribution in [0.2, 0.25) is 0 Å². The Morgan fingerprint density at radius 3 is 2.58 bits per heavy atom. The number of aromatic nitrogens is 2. The Balaban J connectivity index is 1.80. The van der Waals surface area contributed by atoms with Gasteiger partial charge in [0.15, 0.2) is 6.54 Å². The second kappa shape index (κ2) is 10.4. The third kappa shape index (κ3) is 6.02. The summed E-state index contributed by atoms with van der Waals surface area (Å²) in [5.74, 6) is 1.68. The minimum Gasteiger partial charge on any atom is -0.497 e. The van der Waals surface area contributed by atoms with E-state index in [0.29, 0.717) is 25.1 Å². The van der Waals surface area contributed by atoms with Gasteiger partial charge in [0.25, 0.3) is 5.82 Å². The fourth-order valence-electron chi connectivity index (χ4n) is 2.75. The van der Waals surface area contributed by atoms with Gasteiger partial charge in [-0.25, -0.2) is 9.55 Å². The summed E-state index contributed by atoms with van der Waals surface area (Å²) in [6.07, 6.45) is 7.76. The van der Waals surface area contributed by atoms with Crippen LogP contribution in [0.3, 0.4) is 0 Å². The first kappa shape index (κ1) is 19.7. The number of aryl methyl sites for hydroxylation is 1. The standard InChI is InChI=1S/C20H26N2O4/c1-3-26-20(24)8-6-4-5-7-19-21-13-14-22(19)15-18(23)16-9-11-17(25-2)12-10-16/h9-14H,3-8,15H2,1-2H3/p+1. The number of hydrogen-bond donors (Lipinski definition) is 1. The zero-order chi connectivity index (χ0) is 18.8. The van der Waals surface area contributed by atoms with Crippen LogP contribution >= 0.6 is 0 Å². The van der Waals surface area contributed by atoms with E-state index in [9.17, 15) is 9.59 Å². The van der Waals surface area contributed by atoms with E-state index >= 15 is 0 Å². The largest absolute Gasteiger partial charge is 0.497 e. The summed E-state index contributed by atoms with van der Waals surface area (Å²) >= 11 is 0. The molecule has 2 aromatic rings. The van der Waals surface area contributed by atoms with Crippen LogP contribution in [0.15, 0.2) is 36.7 Å². The molecular formula is C20H27N2O4+. The van der Waals surface area contributed by atoms with Crippen LogP contribution in [0.5, 0.6) is 5.75 Å². The first-order chi connectivity index (χ1) is 12.6. The van der Waals surface area contributed by atoms with Crippen molar-refractivity contribution in [3.8, 4) is 5.75 Å². The van der Waals surface area contributed by atoms with Crippen molar-refractivity contribution >= 4 is 11.8 Å². The van der Waals surface area contributed by atoms with Crippen LogP contribution < -0.4 is 9.30 Å². The zero-order valence-corrected chi connectivity index (χ0v) is 15.5. The van der Waals surface area contributed by atoms with Crippen LogP contribution in [0, 0.1) is 0 Å². The number of esters is 1. The molecule has 1 aromatic carbocycles. The molecule has 1 N–H and O–H groups in total. The Kier molecular flexibility index (Phi) is 7.86. The minimum absolute atomic E-state index is 0.0563. The van der Waals surface area contributed by atoms with Crippen LogP contribution in [0.4, 0.5) is 0 Å². The summed E-state index contributed by atoms with van der Waals surface area (Å²) in [6.45, 7) is 2.55. The second-order valence-corrected chi connectivity index (χ2v) is 6.05. The SMILES string of the molecule is CCOC(=O)CCCCCc1[nH]cc[n+]1CC(=O)c1ccc(OC)cc1. The first-order valence-corrected chi connectivity index (χ1v) is 9.02. The Labute approximate surface area is 154 Å². The monoisotopic (exact) mass is 359 g/mol. The number of aromatic amines is 1. The van der Waals surface area contributed by atoms with Crippen molar-refractivity contribution < 1.29 is 23.6 Å². The molecule has 0 spiro atoms. The fraction of sp³-hybridized carbons (Fsp3) is 0.450. The number of nitrogens with zero attached hydrogens (tertiary/aromatic N) is 1. The molecule has 140 valence electrons. The van der Waals surface area contributed by atoms with Gasteiger partial charge in [-0.15, -0.1) is 0 Å². The van der Waals surface area contributed by atoms with E-state index in [1.165, 1.54) is 0 Å². The topological polar surface area (TPSA) is 72.3 Å². The summed E-state index contributed by atoms with van der Waals surface area (Å²) in [7, 11) is 1.60. The number of unbranched alkanes of at least 4 members (excludes halogenated alkanes) is 2. The maximum atomic E-state index is 12.4. The minimum atomic E-state index is -0.132. The van der Waals surface area contributed by atoms with Crippen LogP contribution in [-0.2, 0) is 22.5 Å². The van der Waals surface area contributed by atoms with Crippen molar-refractivity contribution in [1.82, 2.24) is 4.98 Å². The molecule has 2 rings (SSSR count). The number of hydrogen-bond acceptors (Lipinski definition) is 4. The smallest absolute Gasteiger partial charge is 0.305 e. The van der Waals surface area contributed by atoms with Gasteiger partial charge in [0.2, 0.25) is 5.78 Å². The van der Waals surface area contributed by atoms with Crippen molar-refractivity contribution in [3.05, 3.63) is 48.0 Å². The van der Waals surface area contributed by atoms with Crippen molar-refractivity contribution in [3.63, 3.8) is 0 Å². The van der Waals surface area contributed by atoms with Crippen LogP contribution in [0.1, 0.15) is 48.8 Å². The lowest BCUT2D eigenvalue weighted by atomic mass is 10.1. The number of carbonyl (C=O) groups is 2. The highest BCUT2D eigenvalue weighted by atomic mass is 16.5. The number of Topliss-reactive ketones (excluding diaryl/α,β-unsaturated/α-hetero) is 1. The summed E-state index contributed by atoms with van der Waals surface area (Å²) in [5, 5.41) is 0. The highest BCUT2D eigenvalue weighted by Crippen LogP contribution is 2.12. The molecule has 26 heavy (non-hydrogen) atoms. The number of benzene rings is 1. The maximum Gasteiger partial charge on any atom is 0.305 e. The molecule has 0 aliphatic carbocycles. The van der Waals surface area contributed by atoms with Gasteiger partial charge in [0, 0.05) is 18.4 Å². The van der Waals surface area contributed by atoms with Gasteiger partial charge in [-0.05, 0) is 44.0 Å². The average Bonchev–Trinajstić information content (AvgIpc) is 3.08. The van der Waals surface area contributed by atoms with E-state index in [-0.39, 0.29) is 11.8 Å². The molecule has 0 atom stereocenters. The summed E-state index contributed by atoms with van der Waals surface area (Å²) in [6, 6.07) is 7.14. The summed E-state index contributed by atoms with van der Waals surface area (Å²) < 4.78 is 12.0. The zero-order valence-electron chi connectivity index (χ0n) is 15.5. The van der Waals surface area contributed by atoms with E-state index in [2.05, 4.69) is 4.98 Å². The van der Waals surface area contributed by atoms with E-state index < -0.39 is 0 Å². The van der Waals surface area contributed by atoms with Gasteiger partial charge < -0.3 is 9.47 Å². The molecule has 0 aliphatic rings. The normalized spacial score (nSPS) is 10.5. The molecular weight excluding hydrogens is 332 g/mol. The van der Waals surface area contributed by atoms with Gasteiger partial charge in [-0.1, -0.05) is 6.42 Å². The fourth-order valence-corrected chi connectivity index (χ4v) is 2.75. The van der Waals surface area contributed by atoms with Crippen molar-refractivity contribution in [1.29, 1.82) is 0 Å². The summed E-state index contributed by atoms with van der Waals surface area (Å²) in [4.78, 5) is 27.0. The lowest BCUT2D eigenvalue weighted by Crippen LogP contribution is -2.40. The van der Waals surface area contributed by atoms with Gasteiger partial charge in [-0.2, -0.15) is 0 Å². The van der Waals surface area contributed by atoms with E-state index in [0.717, 1.165) is 37.3 Å². The van der Waals surface area contributed by atoms with Crippen molar-refractivity contribution in [2.75, 3.05) is 13.7 Å². The highest BCUT2D eigenvalue weighted by Gasteiger charge is 2.15. The quantitative estimate of drug-likeness (QED) is 0.290. The van der Waals surface area contributed by atoms with E-state index in [1.807, 2.05) is 23.9 Å². The molecule has 0 radical (unpaired) electrons. The van der Waals surface area contributed by atoms with Crippen LogP contribution in [0.25, 0.3) is 0 Å². The molecule has 0 saturated heterocycles. The number of rotatable bonds is 11. The van der Waals surface area contributed by atoms with E-state index in [1.54, 1.807) is 31.4 Å². The van der Waals surface area contributed by atoms with E-state index in [4.69, 9.17) is 9.47 Å². The number of ketones is 1. The van der Waals surface area contributed by atoms with Gasteiger partial charge >= 0.3 is 5.97 Å². The molecule has 1 aromatic heterocycles. The van der Waals surface area contributed by atoms with Gasteiger partial charge in [0.1, 0.15) is 18.1 Å². The lowest BCUT2D eigenvalue weighted by molar-refractivity contribution is -0.689. The Morgan fingerprint density at radius 2 is 1.88 bits per heavy atom. The highest BCUT2D eigenvalue weighted by molar-refractivity contribution is 5.95. The molecule has 0 unspecified atom stereocenters. The lowest BCUT2D eigenvalue weighted by Gasteiger charge is -2.04. The Morgan fingerprint density at radius 1 is 1.12 bits per heavy atom. The summed E-state index contributed by atoms with van der Waals surface area (Å²) in [5.41, 5.74) is 0.667. The van der Waals surface area contributed by atoms with Crippen molar-refractivity contribution in [2.45, 2.75) is 45.6 Å². The molecule has 0 fully saturated rings. The number of methoxy groups -OCH3 is 1. The molecule has 1 heterocycles. The number of ether oxygens (including phenoxy) is 2. The molecule has 6 nitrogen and oxygen atoms in total.